The highest BCUT2D eigenvalue weighted by Gasteiger charge is 2.20. The standard InChI is InChI=1S/C28H32BrN3O2/c29-25-12-7-13-26(22-25)30-28(33)32(17-16-31-18-20-34-21-19-31)15-14-27(23-8-3-1-4-9-23)24-10-5-2-6-11-24/h1-13,22,27H,14-21H2,(H,30,33). The van der Waals surface area contributed by atoms with Crippen molar-refractivity contribution in [2.24, 2.45) is 0 Å². The number of hydrogen-bond donors (Lipinski definition) is 1. The topological polar surface area (TPSA) is 44.8 Å². The minimum Gasteiger partial charge on any atom is -0.379 e. The summed E-state index contributed by atoms with van der Waals surface area (Å²) in [6, 6.07) is 28.8. The van der Waals surface area contributed by atoms with Crippen molar-refractivity contribution in [3.05, 3.63) is 101 Å². The zero-order valence-electron chi connectivity index (χ0n) is 19.4. The molecule has 4 rings (SSSR count). The van der Waals surface area contributed by atoms with Crippen LogP contribution in [0.3, 0.4) is 0 Å². The highest BCUT2D eigenvalue weighted by Crippen LogP contribution is 2.28. The summed E-state index contributed by atoms with van der Waals surface area (Å²) >= 11 is 3.49. The second kappa shape index (κ2) is 12.7. The lowest BCUT2D eigenvalue weighted by atomic mass is 9.88. The van der Waals surface area contributed by atoms with E-state index in [2.05, 4.69) is 74.7 Å². The van der Waals surface area contributed by atoms with Gasteiger partial charge in [0.25, 0.3) is 0 Å². The average molecular weight is 522 g/mol. The van der Waals surface area contributed by atoms with Gasteiger partial charge >= 0.3 is 6.03 Å². The second-order valence-corrected chi connectivity index (χ2v) is 9.46. The maximum absolute atomic E-state index is 13.3. The van der Waals surface area contributed by atoms with Gasteiger partial charge in [0.1, 0.15) is 0 Å². The molecule has 0 saturated carbocycles. The Bertz CT molecular complexity index is 987. The Morgan fingerprint density at radius 1 is 0.912 bits per heavy atom. The minimum atomic E-state index is -0.0637. The summed E-state index contributed by atoms with van der Waals surface area (Å²) in [5.74, 6) is 0.229. The van der Waals surface area contributed by atoms with Crippen molar-refractivity contribution >= 4 is 27.6 Å². The van der Waals surface area contributed by atoms with Gasteiger partial charge in [0, 0.05) is 48.8 Å². The van der Waals surface area contributed by atoms with E-state index < -0.39 is 0 Å². The molecule has 34 heavy (non-hydrogen) atoms. The number of hydrogen-bond acceptors (Lipinski definition) is 3. The molecule has 6 heteroatoms. The van der Waals surface area contributed by atoms with E-state index in [9.17, 15) is 4.79 Å². The van der Waals surface area contributed by atoms with Gasteiger partial charge in [-0.05, 0) is 35.7 Å². The Morgan fingerprint density at radius 3 is 2.18 bits per heavy atom. The molecule has 0 aromatic heterocycles. The maximum Gasteiger partial charge on any atom is 0.321 e. The quantitative estimate of drug-likeness (QED) is 0.384. The lowest BCUT2D eigenvalue weighted by Gasteiger charge is -2.31. The molecule has 2 amide bonds. The number of halogens is 1. The molecule has 0 spiro atoms. The van der Waals surface area contributed by atoms with Crippen LogP contribution >= 0.6 is 15.9 Å². The molecule has 0 bridgehead atoms. The van der Waals surface area contributed by atoms with Gasteiger partial charge in [-0.3, -0.25) is 4.90 Å². The molecule has 1 fully saturated rings. The van der Waals surface area contributed by atoms with Crippen molar-refractivity contribution in [3.8, 4) is 0 Å². The third-order valence-corrected chi connectivity index (χ3v) is 6.74. The van der Waals surface area contributed by atoms with E-state index >= 15 is 0 Å². The van der Waals surface area contributed by atoms with Crippen molar-refractivity contribution < 1.29 is 9.53 Å². The van der Waals surface area contributed by atoms with Crippen LogP contribution in [0.4, 0.5) is 10.5 Å². The van der Waals surface area contributed by atoms with Crippen molar-refractivity contribution in [2.75, 3.05) is 51.3 Å². The molecule has 3 aromatic rings. The van der Waals surface area contributed by atoms with E-state index in [-0.39, 0.29) is 11.9 Å². The molecular weight excluding hydrogens is 490 g/mol. The molecule has 1 aliphatic heterocycles. The van der Waals surface area contributed by atoms with Gasteiger partial charge < -0.3 is 15.0 Å². The number of ether oxygens (including phenoxy) is 1. The maximum atomic E-state index is 13.3. The molecule has 0 unspecified atom stereocenters. The van der Waals surface area contributed by atoms with E-state index in [0.717, 1.165) is 49.4 Å². The van der Waals surface area contributed by atoms with Crippen LogP contribution < -0.4 is 5.32 Å². The number of anilines is 1. The SMILES string of the molecule is O=C(Nc1cccc(Br)c1)N(CCC(c1ccccc1)c1ccccc1)CCN1CCOCC1. The Hall–Kier alpha value is -2.67. The first-order valence-electron chi connectivity index (χ1n) is 11.9. The fraction of sp³-hybridized carbons (Fsp3) is 0.321. The molecule has 1 saturated heterocycles. The smallest absolute Gasteiger partial charge is 0.321 e. The molecule has 178 valence electrons. The summed E-state index contributed by atoms with van der Waals surface area (Å²) in [6.45, 7) is 5.53. The molecule has 3 aromatic carbocycles. The van der Waals surface area contributed by atoms with Gasteiger partial charge in [0.05, 0.1) is 13.2 Å². The first-order valence-corrected chi connectivity index (χ1v) is 12.7. The van der Waals surface area contributed by atoms with Crippen LogP contribution in [0.2, 0.25) is 0 Å². The van der Waals surface area contributed by atoms with Crippen LogP contribution in [0.1, 0.15) is 23.5 Å². The van der Waals surface area contributed by atoms with E-state index in [4.69, 9.17) is 4.74 Å². The Balaban J connectivity index is 1.48. The number of rotatable bonds is 9. The predicted octanol–water partition coefficient (Wildman–Crippen LogP) is 5.84. The molecule has 1 heterocycles. The lowest BCUT2D eigenvalue weighted by Crippen LogP contribution is -2.44. The molecule has 1 N–H and O–H groups in total. The summed E-state index contributed by atoms with van der Waals surface area (Å²) in [4.78, 5) is 17.7. The van der Waals surface area contributed by atoms with Crippen LogP contribution in [0.5, 0.6) is 0 Å². The second-order valence-electron chi connectivity index (χ2n) is 8.54. The van der Waals surface area contributed by atoms with Gasteiger partial charge in [-0.15, -0.1) is 0 Å². The minimum absolute atomic E-state index is 0.0637. The number of morpholine rings is 1. The van der Waals surface area contributed by atoms with E-state index in [0.29, 0.717) is 13.1 Å². The highest BCUT2D eigenvalue weighted by atomic mass is 79.9. The third-order valence-electron chi connectivity index (χ3n) is 6.24. The van der Waals surface area contributed by atoms with Crippen LogP contribution in [0, 0.1) is 0 Å². The van der Waals surface area contributed by atoms with E-state index in [1.807, 2.05) is 41.3 Å². The summed E-state index contributed by atoms with van der Waals surface area (Å²) in [6.07, 6.45) is 0.850. The zero-order chi connectivity index (χ0) is 23.6. The largest absolute Gasteiger partial charge is 0.379 e. The Labute approximate surface area is 210 Å². The summed E-state index contributed by atoms with van der Waals surface area (Å²) < 4.78 is 6.43. The molecule has 0 aliphatic carbocycles. The Morgan fingerprint density at radius 2 is 1.56 bits per heavy atom. The van der Waals surface area contributed by atoms with E-state index in [1.54, 1.807) is 0 Å². The normalized spacial score (nSPS) is 14.2. The molecule has 0 atom stereocenters. The van der Waals surface area contributed by atoms with Crippen LogP contribution in [-0.2, 0) is 4.74 Å². The number of nitrogens with one attached hydrogen (secondary N) is 1. The number of amides is 2. The van der Waals surface area contributed by atoms with Crippen molar-refractivity contribution in [3.63, 3.8) is 0 Å². The van der Waals surface area contributed by atoms with Crippen molar-refractivity contribution in [1.29, 1.82) is 0 Å². The number of benzene rings is 3. The average Bonchev–Trinajstić information content (AvgIpc) is 2.88. The van der Waals surface area contributed by atoms with Gasteiger partial charge in [-0.2, -0.15) is 0 Å². The van der Waals surface area contributed by atoms with Gasteiger partial charge in [-0.1, -0.05) is 82.7 Å². The fourth-order valence-corrected chi connectivity index (χ4v) is 4.75. The molecule has 1 aliphatic rings. The number of carbonyl (C=O) groups is 1. The Kier molecular flexibility index (Phi) is 9.13. The molecule has 5 nitrogen and oxygen atoms in total. The third kappa shape index (κ3) is 7.16. The number of carbonyl (C=O) groups excluding carboxylic acids is 1. The predicted molar refractivity (Wildman–Crippen MR) is 141 cm³/mol. The van der Waals surface area contributed by atoms with Crippen LogP contribution in [0.15, 0.2) is 89.4 Å². The number of urea groups is 1. The van der Waals surface area contributed by atoms with Crippen LogP contribution in [0.25, 0.3) is 0 Å². The summed E-state index contributed by atoms with van der Waals surface area (Å²) in [5, 5.41) is 3.09. The van der Waals surface area contributed by atoms with Gasteiger partial charge in [-0.25, -0.2) is 4.79 Å². The monoisotopic (exact) mass is 521 g/mol. The molecule has 0 radical (unpaired) electrons. The fourth-order valence-electron chi connectivity index (χ4n) is 4.35. The van der Waals surface area contributed by atoms with Crippen molar-refractivity contribution in [2.45, 2.75) is 12.3 Å². The summed E-state index contributed by atoms with van der Waals surface area (Å²) in [7, 11) is 0. The van der Waals surface area contributed by atoms with E-state index in [1.165, 1.54) is 11.1 Å². The van der Waals surface area contributed by atoms with Gasteiger partial charge in [0.2, 0.25) is 0 Å². The first kappa shape index (κ1) is 24.5. The van der Waals surface area contributed by atoms with Crippen LogP contribution in [-0.4, -0.2) is 61.8 Å². The first-order chi connectivity index (χ1) is 16.7. The zero-order valence-corrected chi connectivity index (χ0v) is 21.0. The number of nitrogens with zero attached hydrogens (tertiary/aromatic N) is 2. The van der Waals surface area contributed by atoms with Gasteiger partial charge in [0.15, 0.2) is 0 Å². The molecular formula is C28H32BrN3O2. The van der Waals surface area contributed by atoms with Crippen molar-refractivity contribution in [1.82, 2.24) is 9.80 Å². The lowest BCUT2D eigenvalue weighted by molar-refractivity contribution is 0.0351. The summed E-state index contributed by atoms with van der Waals surface area (Å²) in [5.41, 5.74) is 3.34. The highest BCUT2D eigenvalue weighted by molar-refractivity contribution is 9.10.